The summed E-state index contributed by atoms with van der Waals surface area (Å²) < 4.78 is 0. The first-order chi connectivity index (χ1) is 12.6. The highest BCUT2D eigenvalue weighted by Crippen LogP contribution is 2.58. The molecule has 0 heteroatoms. The first kappa shape index (κ1) is 21.3. The molecule has 0 N–H and O–H groups in total. The van der Waals surface area contributed by atoms with E-state index in [0.717, 1.165) is 11.8 Å². The number of hydrogen-bond donors (Lipinski definition) is 0. The van der Waals surface area contributed by atoms with E-state index in [1.807, 2.05) is 13.8 Å². The molecule has 0 spiro atoms. The molecule has 3 rings (SSSR count). The Balaban J connectivity index is 0.00000117. The first-order valence-electron chi connectivity index (χ1n) is 11.4. The van der Waals surface area contributed by atoms with Crippen LogP contribution in [0.5, 0.6) is 0 Å². The second-order valence-corrected chi connectivity index (χ2v) is 8.55. The van der Waals surface area contributed by atoms with Crippen molar-refractivity contribution in [3.8, 4) is 0 Å². The molecule has 3 fully saturated rings. The molecule has 0 saturated heterocycles. The van der Waals surface area contributed by atoms with Gasteiger partial charge in [-0.25, -0.2) is 0 Å². The van der Waals surface area contributed by atoms with Gasteiger partial charge in [0, 0.05) is 0 Å². The molecule has 0 amide bonds. The lowest BCUT2D eigenvalue weighted by molar-refractivity contribution is 0.137. The van der Waals surface area contributed by atoms with Crippen LogP contribution in [0.15, 0.2) is 47.6 Å². The van der Waals surface area contributed by atoms with E-state index in [1.165, 1.54) is 81.8 Å². The van der Waals surface area contributed by atoms with E-state index in [-0.39, 0.29) is 0 Å². The Kier molecular flexibility index (Phi) is 8.45. The standard InChI is InChI=1S/C24H36.C2H6/c1-4-5-6-13-22-16-17-23-21(12-9-18-24(22,23)3)15-14-20-11-8-7-10-19(20)2;1-2/h5-6,14-15,22-23H,2,4,7-13,16-18H2,1,3H3;1-2H3/b6-5+,20-14-,21-15+;. The van der Waals surface area contributed by atoms with E-state index < -0.39 is 0 Å². The highest BCUT2D eigenvalue weighted by Gasteiger charge is 2.48. The van der Waals surface area contributed by atoms with Crippen LogP contribution in [0.25, 0.3) is 0 Å². The fourth-order valence-electron chi connectivity index (χ4n) is 5.56. The number of rotatable bonds is 4. The van der Waals surface area contributed by atoms with Gasteiger partial charge < -0.3 is 0 Å². The zero-order chi connectivity index (χ0) is 19.0. The normalized spacial score (nSPS) is 34.8. The van der Waals surface area contributed by atoms with Crippen LogP contribution < -0.4 is 0 Å². The molecule has 0 aliphatic heterocycles. The van der Waals surface area contributed by atoms with Crippen molar-refractivity contribution in [2.75, 3.05) is 0 Å². The molecule has 0 radical (unpaired) electrons. The van der Waals surface area contributed by atoms with E-state index >= 15 is 0 Å². The van der Waals surface area contributed by atoms with Crippen LogP contribution in [-0.4, -0.2) is 0 Å². The van der Waals surface area contributed by atoms with Crippen LogP contribution in [0.4, 0.5) is 0 Å². The molecule has 3 unspecified atom stereocenters. The summed E-state index contributed by atoms with van der Waals surface area (Å²) in [6, 6.07) is 0. The maximum atomic E-state index is 4.29. The van der Waals surface area contributed by atoms with Crippen molar-refractivity contribution < 1.29 is 0 Å². The molecule has 0 bridgehead atoms. The average molecular weight is 355 g/mol. The molecule has 0 heterocycles. The van der Waals surface area contributed by atoms with Crippen molar-refractivity contribution >= 4 is 0 Å². The molecule has 0 nitrogen and oxygen atoms in total. The van der Waals surface area contributed by atoms with Crippen molar-refractivity contribution in [2.45, 2.75) is 98.3 Å². The predicted octanol–water partition coefficient (Wildman–Crippen LogP) is 8.57. The van der Waals surface area contributed by atoms with Crippen molar-refractivity contribution in [2.24, 2.45) is 17.3 Å². The van der Waals surface area contributed by atoms with Gasteiger partial charge in [-0.1, -0.05) is 69.7 Å². The Bertz CT molecular complexity index is 544. The third-order valence-corrected chi connectivity index (χ3v) is 7.11. The Morgan fingerprint density at radius 1 is 1.00 bits per heavy atom. The quantitative estimate of drug-likeness (QED) is 0.443. The van der Waals surface area contributed by atoms with E-state index in [0.29, 0.717) is 5.41 Å². The van der Waals surface area contributed by atoms with Gasteiger partial charge in [-0.15, -0.1) is 0 Å². The maximum Gasteiger partial charge on any atom is -0.0143 e. The number of hydrogen-bond acceptors (Lipinski definition) is 0. The van der Waals surface area contributed by atoms with Gasteiger partial charge in [0.15, 0.2) is 0 Å². The molecule has 0 aromatic heterocycles. The van der Waals surface area contributed by atoms with Crippen LogP contribution in [-0.2, 0) is 0 Å². The minimum Gasteiger partial charge on any atom is -0.0956 e. The molecule has 3 saturated carbocycles. The van der Waals surface area contributed by atoms with Crippen molar-refractivity contribution in [1.29, 1.82) is 0 Å². The van der Waals surface area contributed by atoms with Gasteiger partial charge >= 0.3 is 0 Å². The SMILES string of the molecule is C=C1CCCC/C1=C/C=C1\CCCC2(C)C(C/C=C/CC)CCC12.CC. The van der Waals surface area contributed by atoms with Crippen molar-refractivity contribution in [3.05, 3.63) is 47.6 Å². The lowest BCUT2D eigenvalue weighted by Gasteiger charge is -2.42. The lowest BCUT2D eigenvalue weighted by Crippen LogP contribution is -2.33. The fraction of sp³-hybridized carbons (Fsp3) is 0.692. The topological polar surface area (TPSA) is 0 Å². The smallest absolute Gasteiger partial charge is 0.0143 e. The van der Waals surface area contributed by atoms with E-state index in [4.69, 9.17) is 0 Å². The van der Waals surface area contributed by atoms with E-state index in [2.05, 4.69) is 44.7 Å². The molecule has 3 aliphatic carbocycles. The second-order valence-electron chi connectivity index (χ2n) is 8.55. The summed E-state index contributed by atoms with van der Waals surface area (Å²) in [5, 5.41) is 0. The summed E-state index contributed by atoms with van der Waals surface area (Å²) >= 11 is 0. The lowest BCUT2D eigenvalue weighted by atomic mass is 9.63. The van der Waals surface area contributed by atoms with Gasteiger partial charge in [0.2, 0.25) is 0 Å². The van der Waals surface area contributed by atoms with Gasteiger partial charge in [-0.3, -0.25) is 0 Å². The van der Waals surface area contributed by atoms with Crippen molar-refractivity contribution in [3.63, 3.8) is 0 Å². The van der Waals surface area contributed by atoms with E-state index in [9.17, 15) is 0 Å². The Labute approximate surface area is 163 Å². The molecule has 3 aliphatic rings. The first-order valence-corrected chi connectivity index (χ1v) is 11.4. The van der Waals surface area contributed by atoms with Gasteiger partial charge in [-0.05, 0) is 93.5 Å². The summed E-state index contributed by atoms with van der Waals surface area (Å²) in [5.74, 6) is 1.73. The largest absolute Gasteiger partial charge is 0.0956 e. The number of allylic oxidation sites excluding steroid dienone is 7. The molecule has 0 aromatic rings. The van der Waals surface area contributed by atoms with Gasteiger partial charge in [0.05, 0.1) is 0 Å². The maximum absolute atomic E-state index is 4.29. The highest BCUT2D eigenvalue weighted by molar-refractivity contribution is 5.35. The third kappa shape index (κ3) is 4.81. The van der Waals surface area contributed by atoms with Gasteiger partial charge in [0.25, 0.3) is 0 Å². The third-order valence-electron chi connectivity index (χ3n) is 7.11. The van der Waals surface area contributed by atoms with Crippen LogP contribution in [0, 0.1) is 17.3 Å². The summed E-state index contributed by atoms with van der Waals surface area (Å²) in [4.78, 5) is 0. The fourth-order valence-corrected chi connectivity index (χ4v) is 5.56. The zero-order valence-electron chi connectivity index (χ0n) is 17.9. The van der Waals surface area contributed by atoms with Gasteiger partial charge in [0.1, 0.15) is 0 Å². The number of fused-ring (bicyclic) bond motifs is 1. The minimum absolute atomic E-state index is 0.546. The summed E-state index contributed by atoms with van der Waals surface area (Å²) in [5.41, 5.74) is 5.22. The molecule has 26 heavy (non-hydrogen) atoms. The van der Waals surface area contributed by atoms with Gasteiger partial charge in [-0.2, -0.15) is 0 Å². The monoisotopic (exact) mass is 354 g/mol. The zero-order valence-corrected chi connectivity index (χ0v) is 17.9. The predicted molar refractivity (Wildman–Crippen MR) is 117 cm³/mol. The molecular weight excluding hydrogens is 312 g/mol. The molecule has 3 atom stereocenters. The minimum atomic E-state index is 0.546. The summed E-state index contributed by atoms with van der Waals surface area (Å²) in [6.07, 6.45) is 24.4. The average Bonchev–Trinajstić information content (AvgIpc) is 3.00. The Morgan fingerprint density at radius 2 is 1.77 bits per heavy atom. The molecule has 0 aromatic carbocycles. The highest BCUT2D eigenvalue weighted by atomic mass is 14.5. The van der Waals surface area contributed by atoms with E-state index in [1.54, 1.807) is 5.57 Å². The van der Waals surface area contributed by atoms with Crippen LogP contribution in [0.1, 0.15) is 98.3 Å². The Morgan fingerprint density at radius 3 is 2.50 bits per heavy atom. The molecule has 146 valence electrons. The molecular formula is C26H42. The van der Waals surface area contributed by atoms with Crippen LogP contribution in [0.2, 0.25) is 0 Å². The summed E-state index contributed by atoms with van der Waals surface area (Å²) in [6.45, 7) is 13.1. The van der Waals surface area contributed by atoms with Crippen LogP contribution >= 0.6 is 0 Å². The van der Waals surface area contributed by atoms with Crippen molar-refractivity contribution in [1.82, 2.24) is 0 Å². The van der Waals surface area contributed by atoms with Crippen LogP contribution in [0.3, 0.4) is 0 Å². The Hall–Kier alpha value is -1.04. The second kappa shape index (κ2) is 10.3. The summed E-state index contributed by atoms with van der Waals surface area (Å²) in [7, 11) is 0.